The van der Waals surface area contributed by atoms with Crippen molar-refractivity contribution in [2.24, 2.45) is 0 Å². The predicted molar refractivity (Wildman–Crippen MR) is 240 cm³/mol. The molecule has 3 heterocycles. The molecule has 3 aliphatic rings. The first-order valence-corrected chi connectivity index (χ1v) is 20.1. The smallest absolute Gasteiger partial charge is 0.0701 e. The number of hydrogen-bond donors (Lipinski definition) is 0. The molecule has 3 nitrogen and oxygen atoms in total. The molecule has 2 aromatic heterocycles. The molecule has 0 saturated heterocycles. The quantitative estimate of drug-likeness (QED) is 0.180. The van der Waals surface area contributed by atoms with Gasteiger partial charge in [0.05, 0.1) is 28.1 Å². The molecule has 0 unspecified atom stereocenters. The Kier molecular flexibility index (Phi) is 7.31. The molecule has 0 spiro atoms. The van der Waals surface area contributed by atoms with E-state index in [1.54, 1.807) is 0 Å². The summed E-state index contributed by atoms with van der Waals surface area (Å²) < 4.78 is 2.41. The van der Waals surface area contributed by atoms with Crippen molar-refractivity contribution in [3.8, 4) is 33.5 Å². The molecular formula is C54H43N3. The first-order chi connectivity index (χ1) is 27.8. The second kappa shape index (κ2) is 12.4. The van der Waals surface area contributed by atoms with E-state index < -0.39 is 0 Å². The largest absolute Gasteiger partial charge is 0.310 e. The van der Waals surface area contributed by atoms with Crippen molar-refractivity contribution in [2.45, 2.75) is 44.9 Å². The van der Waals surface area contributed by atoms with Crippen molar-refractivity contribution in [3.05, 3.63) is 198 Å². The van der Waals surface area contributed by atoms with Crippen molar-refractivity contribution in [2.75, 3.05) is 4.90 Å². The maximum atomic E-state index is 4.64. The lowest BCUT2D eigenvalue weighted by Crippen LogP contribution is -2.31. The van der Waals surface area contributed by atoms with Crippen LogP contribution in [0.2, 0.25) is 0 Å². The molecule has 0 saturated carbocycles. The topological polar surface area (TPSA) is 21.1 Å². The Morgan fingerprint density at radius 1 is 0.526 bits per heavy atom. The van der Waals surface area contributed by atoms with Crippen LogP contribution >= 0.6 is 0 Å². The molecule has 0 N–H and O–H groups in total. The molecule has 57 heavy (non-hydrogen) atoms. The Bertz CT molecular complexity index is 3030. The van der Waals surface area contributed by atoms with Crippen LogP contribution in [0.3, 0.4) is 0 Å². The van der Waals surface area contributed by atoms with Gasteiger partial charge in [0.25, 0.3) is 0 Å². The summed E-state index contributed by atoms with van der Waals surface area (Å²) in [6.45, 7) is 9.57. The van der Waals surface area contributed by atoms with Crippen LogP contribution in [0.1, 0.15) is 56.4 Å². The van der Waals surface area contributed by atoms with Crippen LogP contribution in [0.4, 0.5) is 17.1 Å². The minimum absolute atomic E-state index is 0.106. The molecule has 0 amide bonds. The number of benzene rings is 6. The molecule has 0 radical (unpaired) electrons. The second-order valence-electron chi connectivity index (χ2n) is 16.8. The number of para-hydroxylation sites is 1. The maximum Gasteiger partial charge on any atom is 0.0701 e. The molecule has 2 aliphatic carbocycles. The highest BCUT2D eigenvalue weighted by Gasteiger charge is 2.42. The monoisotopic (exact) mass is 733 g/mol. The highest BCUT2D eigenvalue weighted by molar-refractivity contribution is 6.11. The van der Waals surface area contributed by atoms with Crippen molar-refractivity contribution in [1.29, 1.82) is 0 Å². The number of pyridine rings is 1. The summed E-state index contributed by atoms with van der Waals surface area (Å²) in [5.41, 5.74) is 19.5. The maximum absolute atomic E-state index is 4.64. The van der Waals surface area contributed by atoms with Gasteiger partial charge in [-0.2, -0.15) is 0 Å². The van der Waals surface area contributed by atoms with Crippen LogP contribution in [0.25, 0.3) is 61.0 Å². The molecule has 8 aromatic rings. The lowest BCUT2D eigenvalue weighted by Gasteiger charge is -2.43. The van der Waals surface area contributed by atoms with Crippen LogP contribution in [-0.4, -0.2) is 9.55 Å². The Balaban J connectivity index is 1.10. The van der Waals surface area contributed by atoms with Crippen LogP contribution in [0, 0.1) is 0 Å². The Morgan fingerprint density at radius 3 is 2.11 bits per heavy atom. The minimum Gasteiger partial charge on any atom is -0.310 e. The van der Waals surface area contributed by atoms with Gasteiger partial charge in [-0.25, -0.2) is 0 Å². The van der Waals surface area contributed by atoms with Gasteiger partial charge in [0, 0.05) is 44.7 Å². The standard InChI is InChI=1S/C54H43N3/c1-53(2)44-19-11-9-17-40(44)42-33-47-52(34-45(42)53)57(39-26-22-35(23-27-39)48-20-13-14-30-55-48)51-29-25-37(32-46(51)54(47,3)4)36-24-28-50-43(31-36)41-18-10-12-21-49(41)56(50)38-15-7-5-6-8-16-38/h5,7-34H,6H2,1-4H3. The predicted octanol–water partition coefficient (Wildman–Crippen LogP) is 14.3. The molecular weight excluding hydrogens is 691 g/mol. The Morgan fingerprint density at radius 2 is 1.25 bits per heavy atom. The number of allylic oxidation sites excluding steroid dienone is 6. The third-order valence-corrected chi connectivity index (χ3v) is 12.8. The van der Waals surface area contributed by atoms with Gasteiger partial charge in [0.15, 0.2) is 0 Å². The first-order valence-electron chi connectivity index (χ1n) is 20.1. The van der Waals surface area contributed by atoms with E-state index in [9.17, 15) is 0 Å². The van der Waals surface area contributed by atoms with Gasteiger partial charge in [0.2, 0.25) is 0 Å². The fraction of sp³-hybridized carbons (Fsp3) is 0.130. The van der Waals surface area contributed by atoms with E-state index in [-0.39, 0.29) is 10.8 Å². The lowest BCUT2D eigenvalue weighted by atomic mass is 9.71. The van der Waals surface area contributed by atoms with Crippen LogP contribution in [0.15, 0.2) is 176 Å². The van der Waals surface area contributed by atoms with Crippen LogP contribution in [0.5, 0.6) is 0 Å². The molecule has 3 heteroatoms. The number of hydrogen-bond acceptors (Lipinski definition) is 2. The Hall–Kier alpha value is -6.71. The van der Waals surface area contributed by atoms with Gasteiger partial charge in [-0.05, 0) is 130 Å². The van der Waals surface area contributed by atoms with Gasteiger partial charge in [-0.15, -0.1) is 0 Å². The minimum atomic E-state index is -0.270. The lowest BCUT2D eigenvalue weighted by molar-refractivity contribution is 0.627. The zero-order valence-corrected chi connectivity index (χ0v) is 32.8. The van der Waals surface area contributed by atoms with Gasteiger partial charge in [-0.3, -0.25) is 4.98 Å². The van der Waals surface area contributed by atoms with Crippen LogP contribution in [-0.2, 0) is 10.8 Å². The van der Waals surface area contributed by atoms with Crippen molar-refractivity contribution in [3.63, 3.8) is 0 Å². The average molecular weight is 734 g/mol. The number of rotatable bonds is 4. The molecule has 0 atom stereocenters. The van der Waals surface area contributed by atoms with Crippen molar-refractivity contribution < 1.29 is 0 Å². The van der Waals surface area contributed by atoms with E-state index in [0.29, 0.717) is 0 Å². The summed E-state index contributed by atoms with van der Waals surface area (Å²) in [4.78, 5) is 7.14. The zero-order chi connectivity index (χ0) is 38.5. The number of nitrogens with zero attached hydrogens (tertiary/aromatic N) is 3. The summed E-state index contributed by atoms with van der Waals surface area (Å²) in [6, 6.07) is 52.0. The Labute approximate surface area is 334 Å². The summed E-state index contributed by atoms with van der Waals surface area (Å²) >= 11 is 0. The fourth-order valence-corrected chi connectivity index (χ4v) is 9.85. The fourth-order valence-electron chi connectivity index (χ4n) is 9.85. The SMILES string of the molecule is CC1(C)c2ccccc2-c2cc3c(cc21)N(c1ccc(-c2ccccn2)cc1)c1ccc(-c2ccc4c(c2)c2ccccc2n4C2=CC=CCC=C2)cc1C3(C)C. The molecule has 1 aliphatic heterocycles. The normalized spacial score (nSPS) is 15.9. The van der Waals surface area contributed by atoms with E-state index in [1.807, 2.05) is 18.3 Å². The number of aromatic nitrogens is 2. The molecule has 274 valence electrons. The molecule has 6 aromatic carbocycles. The van der Waals surface area contributed by atoms with Crippen LogP contribution < -0.4 is 4.90 Å². The first kappa shape index (κ1) is 33.6. The van der Waals surface area contributed by atoms with Crippen molar-refractivity contribution >= 4 is 44.6 Å². The van der Waals surface area contributed by atoms with E-state index in [2.05, 4.69) is 200 Å². The van der Waals surface area contributed by atoms with E-state index in [1.165, 1.54) is 83.4 Å². The molecule has 0 fully saturated rings. The van der Waals surface area contributed by atoms with Gasteiger partial charge >= 0.3 is 0 Å². The highest BCUT2D eigenvalue weighted by atomic mass is 15.2. The zero-order valence-electron chi connectivity index (χ0n) is 32.8. The van der Waals surface area contributed by atoms with Gasteiger partial charge in [-0.1, -0.05) is 119 Å². The van der Waals surface area contributed by atoms with E-state index in [4.69, 9.17) is 0 Å². The average Bonchev–Trinajstić information content (AvgIpc) is 3.50. The van der Waals surface area contributed by atoms with Gasteiger partial charge in [0.1, 0.15) is 0 Å². The number of anilines is 3. The second-order valence-corrected chi connectivity index (χ2v) is 16.8. The summed E-state index contributed by atoms with van der Waals surface area (Å²) in [6.07, 6.45) is 13.9. The van der Waals surface area contributed by atoms with E-state index >= 15 is 0 Å². The summed E-state index contributed by atoms with van der Waals surface area (Å²) in [5.74, 6) is 0. The van der Waals surface area contributed by atoms with E-state index in [0.717, 1.165) is 23.4 Å². The van der Waals surface area contributed by atoms with Crippen molar-refractivity contribution in [1.82, 2.24) is 9.55 Å². The number of fused-ring (bicyclic) bond motifs is 8. The summed E-state index contributed by atoms with van der Waals surface area (Å²) in [7, 11) is 0. The molecule has 11 rings (SSSR count). The third-order valence-electron chi connectivity index (χ3n) is 12.8. The highest BCUT2D eigenvalue weighted by Crippen LogP contribution is 2.58. The summed E-state index contributed by atoms with van der Waals surface area (Å²) in [5, 5.41) is 2.53. The third kappa shape index (κ3) is 5.01. The molecule has 0 bridgehead atoms. The van der Waals surface area contributed by atoms with Gasteiger partial charge < -0.3 is 9.47 Å².